The van der Waals surface area contributed by atoms with Crippen molar-refractivity contribution in [3.8, 4) is 16.9 Å². The van der Waals surface area contributed by atoms with Crippen molar-refractivity contribution in [2.24, 2.45) is 0 Å². The number of methoxy groups -OCH3 is 1. The molecule has 5 rings (SSSR count). The first kappa shape index (κ1) is 15.0. The third kappa shape index (κ3) is 2.17. The maximum absolute atomic E-state index is 5.31. The highest BCUT2D eigenvalue weighted by Crippen LogP contribution is 2.35. The van der Waals surface area contributed by atoms with E-state index < -0.39 is 0 Å². The Kier molecular flexibility index (Phi) is 3.22. The van der Waals surface area contributed by atoms with Gasteiger partial charge in [-0.2, -0.15) is 0 Å². The summed E-state index contributed by atoms with van der Waals surface area (Å²) in [6.45, 7) is 2.10. The number of ether oxygens (including phenoxy) is 1. The summed E-state index contributed by atoms with van der Waals surface area (Å²) < 4.78 is 7.47. The second kappa shape index (κ2) is 5.60. The molecule has 0 saturated carbocycles. The molecule has 2 heterocycles. The van der Waals surface area contributed by atoms with Crippen LogP contribution in [0.2, 0.25) is 0 Å². The Bertz CT molecular complexity index is 1270. The van der Waals surface area contributed by atoms with Crippen LogP contribution in [0.15, 0.2) is 72.9 Å². The van der Waals surface area contributed by atoms with Crippen molar-refractivity contribution in [1.82, 2.24) is 9.38 Å². The minimum absolute atomic E-state index is 0.865. The van der Waals surface area contributed by atoms with Crippen molar-refractivity contribution in [3.63, 3.8) is 0 Å². The van der Waals surface area contributed by atoms with Gasteiger partial charge in [0.1, 0.15) is 11.4 Å². The summed E-state index contributed by atoms with van der Waals surface area (Å²) >= 11 is 0. The van der Waals surface area contributed by atoms with E-state index in [0.717, 1.165) is 22.4 Å². The van der Waals surface area contributed by atoms with Gasteiger partial charge in [-0.15, -0.1) is 0 Å². The zero-order valence-electron chi connectivity index (χ0n) is 14.7. The highest BCUT2D eigenvalue weighted by molar-refractivity contribution is 6.12. The molecule has 3 heteroatoms. The van der Waals surface area contributed by atoms with Gasteiger partial charge in [0.05, 0.1) is 18.1 Å². The van der Waals surface area contributed by atoms with Gasteiger partial charge in [0.15, 0.2) is 0 Å². The van der Waals surface area contributed by atoms with Crippen molar-refractivity contribution in [1.29, 1.82) is 0 Å². The molecule has 0 amide bonds. The number of benzene rings is 3. The first-order valence-electron chi connectivity index (χ1n) is 8.69. The average molecular weight is 338 g/mol. The first-order chi connectivity index (χ1) is 12.7. The summed E-state index contributed by atoms with van der Waals surface area (Å²) in [6, 6.07) is 23.2. The molecule has 2 aromatic heterocycles. The largest absolute Gasteiger partial charge is 0.497 e. The van der Waals surface area contributed by atoms with Gasteiger partial charge in [0.25, 0.3) is 0 Å². The number of aromatic nitrogens is 2. The van der Waals surface area contributed by atoms with E-state index in [1.807, 2.05) is 12.1 Å². The zero-order chi connectivity index (χ0) is 17.7. The quantitative estimate of drug-likeness (QED) is 0.417. The van der Waals surface area contributed by atoms with Gasteiger partial charge in [0.2, 0.25) is 0 Å². The maximum atomic E-state index is 5.31. The molecule has 3 aromatic carbocycles. The van der Waals surface area contributed by atoms with Crippen molar-refractivity contribution in [3.05, 3.63) is 78.5 Å². The Hall–Kier alpha value is -3.33. The molecule has 26 heavy (non-hydrogen) atoms. The van der Waals surface area contributed by atoms with Crippen LogP contribution in [0.5, 0.6) is 5.75 Å². The SMILES string of the molecule is COc1ccc(-c2cc3c(nc4cc(C)ccn43)c3ccccc23)cc1. The summed E-state index contributed by atoms with van der Waals surface area (Å²) in [5.41, 5.74) is 6.75. The topological polar surface area (TPSA) is 26.5 Å². The lowest BCUT2D eigenvalue weighted by atomic mass is 9.97. The first-order valence-corrected chi connectivity index (χ1v) is 8.69. The Balaban J connectivity index is 1.90. The third-order valence-electron chi connectivity index (χ3n) is 4.97. The Morgan fingerprint density at radius 1 is 0.885 bits per heavy atom. The van der Waals surface area contributed by atoms with Crippen LogP contribution in [0.1, 0.15) is 5.56 Å². The van der Waals surface area contributed by atoms with Gasteiger partial charge < -0.3 is 4.74 Å². The van der Waals surface area contributed by atoms with Crippen molar-refractivity contribution in [2.75, 3.05) is 7.11 Å². The van der Waals surface area contributed by atoms with E-state index in [1.165, 1.54) is 27.5 Å². The second-order valence-electron chi connectivity index (χ2n) is 6.61. The summed E-state index contributed by atoms with van der Waals surface area (Å²) in [7, 11) is 1.69. The minimum atomic E-state index is 0.865. The van der Waals surface area contributed by atoms with Crippen LogP contribution < -0.4 is 4.74 Å². The molecule has 126 valence electrons. The van der Waals surface area contributed by atoms with E-state index in [0.29, 0.717) is 0 Å². The molecule has 3 nitrogen and oxygen atoms in total. The van der Waals surface area contributed by atoms with E-state index in [1.54, 1.807) is 7.11 Å². The molecule has 0 spiro atoms. The van der Waals surface area contributed by atoms with Crippen LogP contribution in [-0.2, 0) is 0 Å². The molecule has 0 aliphatic carbocycles. The number of fused-ring (bicyclic) bond motifs is 5. The van der Waals surface area contributed by atoms with Crippen molar-refractivity contribution in [2.45, 2.75) is 6.92 Å². The van der Waals surface area contributed by atoms with Crippen LogP contribution in [-0.4, -0.2) is 16.5 Å². The summed E-state index contributed by atoms with van der Waals surface area (Å²) in [4.78, 5) is 4.91. The molecule has 0 saturated heterocycles. The van der Waals surface area contributed by atoms with Crippen LogP contribution in [0, 0.1) is 6.92 Å². The van der Waals surface area contributed by atoms with Crippen LogP contribution in [0.4, 0.5) is 0 Å². The number of hydrogen-bond donors (Lipinski definition) is 0. The monoisotopic (exact) mass is 338 g/mol. The highest BCUT2D eigenvalue weighted by atomic mass is 16.5. The predicted octanol–water partition coefficient (Wildman–Crippen LogP) is 5.62. The van der Waals surface area contributed by atoms with Crippen molar-refractivity contribution >= 4 is 27.5 Å². The molecular weight excluding hydrogens is 320 g/mol. The van der Waals surface area contributed by atoms with E-state index in [-0.39, 0.29) is 0 Å². The van der Waals surface area contributed by atoms with Crippen LogP contribution in [0.3, 0.4) is 0 Å². The van der Waals surface area contributed by atoms with Gasteiger partial charge in [0, 0.05) is 11.6 Å². The Morgan fingerprint density at radius 3 is 2.42 bits per heavy atom. The number of aryl methyl sites for hydroxylation is 1. The maximum Gasteiger partial charge on any atom is 0.138 e. The third-order valence-corrected chi connectivity index (χ3v) is 4.97. The lowest BCUT2D eigenvalue weighted by Gasteiger charge is -2.09. The van der Waals surface area contributed by atoms with Gasteiger partial charge >= 0.3 is 0 Å². The molecule has 0 aliphatic rings. The number of nitrogens with zero attached hydrogens (tertiary/aromatic N) is 2. The molecule has 0 N–H and O–H groups in total. The normalized spacial score (nSPS) is 11.5. The molecule has 0 aliphatic heterocycles. The van der Waals surface area contributed by atoms with E-state index in [2.05, 4.69) is 72.1 Å². The van der Waals surface area contributed by atoms with E-state index in [4.69, 9.17) is 9.72 Å². The predicted molar refractivity (Wildman–Crippen MR) is 107 cm³/mol. The summed E-state index contributed by atoms with van der Waals surface area (Å²) in [5, 5.41) is 2.39. The van der Waals surface area contributed by atoms with Gasteiger partial charge in [-0.25, -0.2) is 4.98 Å². The lowest BCUT2D eigenvalue weighted by molar-refractivity contribution is 0.415. The number of imidazole rings is 1. The Morgan fingerprint density at radius 2 is 1.65 bits per heavy atom. The van der Waals surface area contributed by atoms with Crippen LogP contribution in [0.25, 0.3) is 38.6 Å². The number of pyridine rings is 1. The Labute approximate surface area is 151 Å². The molecule has 0 bridgehead atoms. The fraction of sp³-hybridized carbons (Fsp3) is 0.0870. The molecular formula is C23H18N2O. The molecule has 0 fully saturated rings. The minimum Gasteiger partial charge on any atom is -0.497 e. The van der Waals surface area contributed by atoms with Gasteiger partial charge in [-0.3, -0.25) is 4.40 Å². The lowest BCUT2D eigenvalue weighted by Crippen LogP contribution is -1.88. The molecule has 0 atom stereocenters. The summed E-state index contributed by atoms with van der Waals surface area (Å²) in [6.07, 6.45) is 2.10. The zero-order valence-corrected chi connectivity index (χ0v) is 14.7. The number of hydrogen-bond acceptors (Lipinski definition) is 2. The standard InChI is InChI=1S/C23H18N2O/c1-15-11-12-25-21-14-20(16-7-9-17(26-2)10-8-16)18-5-3-4-6-19(18)23(21)24-22(25)13-15/h3-14H,1-2H3. The second-order valence-corrected chi connectivity index (χ2v) is 6.61. The highest BCUT2D eigenvalue weighted by Gasteiger charge is 2.13. The van der Waals surface area contributed by atoms with Gasteiger partial charge in [-0.05, 0) is 59.3 Å². The average Bonchev–Trinajstić information content (AvgIpc) is 3.05. The van der Waals surface area contributed by atoms with Crippen molar-refractivity contribution < 1.29 is 4.74 Å². The number of rotatable bonds is 2. The van der Waals surface area contributed by atoms with E-state index in [9.17, 15) is 0 Å². The summed E-state index contributed by atoms with van der Waals surface area (Å²) in [5.74, 6) is 0.865. The fourth-order valence-corrected chi connectivity index (χ4v) is 3.65. The van der Waals surface area contributed by atoms with Gasteiger partial charge in [-0.1, -0.05) is 36.4 Å². The van der Waals surface area contributed by atoms with Crippen LogP contribution >= 0.6 is 0 Å². The molecule has 0 radical (unpaired) electrons. The molecule has 0 unspecified atom stereocenters. The molecule has 5 aromatic rings. The smallest absolute Gasteiger partial charge is 0.138 e. The fourth-order valence-electron chi connectivity index (χ4n) is 3.65. The van der Waals surface area contributed by atoms with E-state index >= 15 is 0 Å².